The zero-order valence-corrected chi connectivity index (χ0v) is 11.7. The molecule has 2 unspecified atom stereocenters. The molecule has 0 radical (unpaired) electrons. The summed E-state index contributed by atoms with van der Waals surface area (Å²) >= 11 is 0. The Labute approximate surface area is 121 Å². The molecule has 0 spiro atoms. The maximum absolute atomic E-state index is 13.6. The van der Waals surface area contributed by atoms with Crippen LogP contribution < -0.4 is 5.32 Å². The molecule has 2 N–H and O–H groups in total. The Balaban J connectivity index is 1.77. The predicted molar refractivity (Wildman–Crippen MR) is 72.7 cm³/mol. The van der Waals surface area contributed by atoms with E-state index in [1.54, 1.807) is 13.0 Å². The molecule has 21 heavy (non-hydrogen) atoms. The van der Waals surface area contributed by atoms with E-state index in [0.717, 1.165) is 17.7 Å². The Morgan fingerprint density at radius 3 is 2.71 bits per heavy atom. The molecule has 0 aromatic heterocycles. The summed E-state index contributed by atoms with van der Waals surface area (Å²) in [6, 6.07) is 5.27. The molecule has 2 atom stereocenters. The van der Waals surface area contributed by atoms with Crippen LogP contribution in [-0.2, 0) is 4.79 Å². The van der Waals surface area contributed by atoms with Gasteiger partial charge < -0.3 is 10.4 Å². The van der Waals surface area contributed by atoms with Crippen molar-refractivity contribution in [2.75, 3.05) is 6.54 Å². The van der Waals surface area contributed by atoms with Crippen molar-refractivity contribution in [3.63, 3.8) is 0 Å². The minimum atomic E-state index is -1.23. The lowest BCUT2D eigenvalue weighted by molar-refractivity contribution is -0.132. The van der Waals surface area contributed by atoms with E-state index in [2.05, 4.69) is 5.32 Å². The number of hydrogen-bond acceptors (Lipinski definition) is 3. The van der Waals surface area contributed by atoms with E-state index in [4.69, 9.17) is 0 Å². The van der Waals surface area contributed by atoms with Crippen molar-refractivity contribution in [2.45, 2.75) is 31.4 Å². The number of halogens is 1. The molecule has 1 heterocycles. The molecule has 112 valence electrons. The highest BCUT2D eigenvalue weighted by atomic mass is 19.1. The first kappa shape index (κ1) is 14.0. The molecule has 6 heteroatoms. The number of carbonyl (C=O) groups is 2. The number of urea groups is 1. The van der Waals surface area contributed by atoms with Gasteiger partial charge in [0.1, 0.15) is 11.4 Å². The summed E-state index contributed by atoms with van der Waals surface area (Å²) in [6.07, 6.45) is 0.584. The second kappa shape index (κ2) is 4.80. The molecule has 5 nitrogen and oxygen atoms in total. The summed E-state index contributed by atoms with van der Waals surface area (Å²) in [4.78, 5) is 25.4. The van der Waals surface area contributed by atoms with E-state index < -0.39 is 23.5 Å². The van der Waals surface area contributed by atoms with Crippen LogP contribution in [0.1, 0.15) is 31.4 Å². The first-order valence-corrected chi connectivity index (χ1v) is 7.00. The molecule has 1 saturated carbocycles. The van der Waals surface area contributed by atoms with Crippen molar-refractivity contribution in [2.24, 2.45) is 5.92 Å². The number of imide groups is 1. The van der Waals surface area contributed by atoms with Crippen LogP contribution in [-0.4, -0.2) is 34.0 Å². The molecule has 1 saturated heterocycles. The third-order valence-corrected chi connectivity index (χ3v) is 4.31. The van der Waals surface area contributed by atoms with Crippen LogP contribution in [0.25, 0.3) is 0 Å². The third kappa shape index (κ3) is 2.29. The fourth-order valence-corrected chi connectivity index (χ4v) is 2.84. The van der Waals surface area contributed by atoms with Crippen molar-refractivity contribution < 1.29 is 19.1 Å². The molecule has 0 bridgehead atoms. The topological polar surface area (TPSA) is 69.6 Å². The minimum Gasteiger partial charge on any atom is -0.386 e. The fraction of sp³-hybridized carbons (Fsp3) is 0.467. The van der Waals surface area contributed by atoms with Gasteiger partial charge in [-0.05, 0) is 31.7 Å². The van der Waals surface area contributed by atoms with Gasteiger partial charge in [0.25, 0.3) is 5.91 Å². The quantitative estimate of drug-likeness (QED) is 0.828. The normalized spacial score (nSPS) is 26.9. The van der Waals surface area contributed by atoms with E-state index in [1.165, 1.54) is 18.2 Å². The van der Waals surface area contributed by atoms with Crippen molar-refractivity contribution in [3.8, 4) is 0 Å². The van der Waals surface area contributed by atoms with Gasteiger partial charge in [0, 0.05) is 5.56 Å². The zero-order chi connectivity index (χ0) is 15.2. The van der Waals surface area contributed by atoms with Crippen molar-refractivity contribution in [1.82, 2.24) is 10.2 Å². The molecule has 1 aromatic carbocycles. The van der Waals surface area contributed by atoms with Gasteiger partial charge in [-0.2, -0.15) is 0 Å². The van der Waals surface area contributed by atoms with Gasteiger partial charge >= 0.3 is 6.03 Å². The van der Waals surface area contributed by atoms with E-state index in [1.807, 2.05) is 0 Å². The molecule has 1 aliphatic carbocycles. The second-order valence-electron chi connectivity index (χ2n) is 5.86. The Hall–Kier alpha value is -1.95. The SMILES string of the molecule is CC1(C2CC2)NC(=O)N(CC(O)c2ccccc2F)C1=O. The Morgan fingerprint density at radius 2 is 2.10 bits per heavy atom. The van der Waals surface area contributed by atoms with Gasteiger partial charge in [0.05, 0.1) is 12.6 Å². The maximum Gasteiger partial charge on any atom is 0.325 e. The summed E-state index contributed by atoms with van der Waals surface area (Å²) in [5, 5.41) is 12.8. The minimum absolute atomic E-state index is 0.0816. The van der Waals surface area contributed by atoms with Gasteiger partial charge in [-0.3, -0.25) is 9.69 Å². The number of amides is 3. The van der Waals surface area contributed by atoms with Gasteiger partial charge in [0.15, 0.2) is 0 Å². The Bertz CT molecular complexity index is 602. The first-order chi connectivity index (χ1) is 9.93. The van der Waals surface area contributed by atoms with Gasteiger partial charge in [0.2, 0.25) is 0 Å². The molecule has 3 amide bonds. The number of nitrogens with one attached hydrogen (secondary N) is 1. The van der Waals surface area contributed by atoms with Crippen LogP contribution in [0.4, 0.5) is 9.18 Å². The van der Waals surface area contributed by atoms with Crippen molar-refractivity contribution in [3.05, 3.63) is 35.6 Å². The lowest BCUT2D eigenvalue weighted by Gasteiger charge is -2.22. The van der Waals surface area contributed by atoms with Crippen LogP contribution in [0.5, 0.6) is 0 Å². The molecule has 2 aliphatic rings. The monoisotopic (exact) mass is 292 g/mol. The summed E-state index contributed by atoms with van der Waals surface area (Å²) in [5.74, 6) is -0.739. The van der Waals surface area contributed by atoms with Gasteiger partial charge in [-0.1, -0.05) is 18.2 Å². The van der Waals surface area contributed by atoms with Crippen LogP contribution in [0.15, 0.2) is 24.3 Å². The van der Waals surface area contributed by atoms with E-state index in [9.17, 15) is 19.1 Å². The van der Waals surface area contributed by atoms with E-state index >= 15 is 0 Å². The number of hydrogen-bond donors (Lipinski definition) is 2. The molecule has 1 aromatic rings. The predicted octanol–water partition coefficient (Wildman–Crippen LogP) is 1.58. The smallest absolute Gasteiger partial charge is 0.325 e. The number of β-amino-alcohol motifs (C(OH)–C–C–N with tert-alkyl or cyclic N) is 1. The van der Waals surface area contributed by atoms with Crippen LogP contribution in [0.3, 0.4) is 0 Å². The van der Waals surface area contributed by atoms with E-state index in [0.29, 0.717) is 0 Å². The highest BCUT2D eigenvalue weighted by Gasteiger charge is 2.56. The molecule has 3 rings (SSSR count). The third-order valence-electron chi connectivity index (χ3n) is 4.31. The Kier molecular flexibility index (Phi) is 3.20. The zero-order valence-electron chi connectivity index (χ0n) is 11.7. The highest BCUT2D eigenvalue weighted by molar-refractivity contribution is 6.07. The van der Waals surface area contributed by atoms with Crippen LogP contribution in [0, 0.1) is 11.7 Å². The van der Waals surface area contributed by atoms with Crippen LogP contribution >= 0.6 is 0 Å². The summed E-state index contributed by atoms with van der Waals surface area (Å²) < 4.78 is 13.6. The average Bonchev–Trinajstić information content (AvgIpc) is 3.25. The summed E-state index contributed by atoms with van der Waals surface area (Å²) in [6.45, 7) is 1.47. The lowest BCUT2D eigenvalue weighted by atomic mass is 9.96. The molecule has 2 fully saturated rings. The average molecular weight is 292 g/mol. The van der Waals surface area contributed by atoms with Crippen molar-refractivity contribution >= 4 is 11.9 Å². The van der Waals surface area contributed by atoms with Gasteiger partial charge in [-0.15, -0.1) is 0 Å². The summed E-state index contributed by atoms with van der Waals surface area (Å²) in [5.41, 5.74) is -0.801. The highest BCUT2D eigenvalue weighted by Crippen LogP contribution is 2.42. The Morgan fingerprint density at radius 1 is 1.43 bits per heavy atom. The number of carbonyl (C=O) groups excluding carboxylic acids is 2. The first-order valence-electron chi connectivity index (χ1n) is 7.00. The standard InChI is InChI=1S/C15H17FN2O3/c1-15(9-6-7-9)13(20)18(14(21)17-15)8-12(19)10-4-2-3-5-11(10)16/h2-5,9,12,19H,6-8H2,1H3,(H,17,21). The summed E-state index contributed by atoms with van der Waals surface area (Å²) in [7, 11) is 0. The number of aliphatic hydroxyl groups is 1. The number of aliphatic hydroxyl groups excluding tert-OH is 1. The van der Waals surface area contributed by atoms with Crippen LogP contribution in [0.2, 0.25) is 0 Å². The van der Waals surface area contributed by atoms with Gasteiger partial charge in [-0.25, -0.2) is 9.18 Å². The number of rotatable bonds is 4. The number of benzene rings is 1. The lowest BCUT2D eigenvalue weighted by Crippen LogP contribution is -2.46. The van der Waals surface area contributed by atoms with Crippen molar-refractivity contribution in [1.29, 1.82) is 0 Å². The molecule has 1 aliphatic heterocycles. The van der Waals surface area contributed by atoms with E-state index in [-0.39, 0.29) is 23.9 Å². The molecular weight excluding hydrogens is 275 g/mol. The number of nitrogens with zero attached hydrogens (tertiary/aromatic N) is 1. The maximum atomic E-state index is 13.6. The largest absolute Gasteiger partial charge is 0.386 e. The fourth-order valence-electron chi connectivity index (χ4n) is 2.84. The second-order valence-corrected chi connectivity index (χ2v) is 5.86. The molecular formula is C15H17FN2O3.